The molecule has 4 rings (SSSR count). The number of aromatic nitrogens is 2. The summed E-state index contributed by atoms with van der Waals surface area (Å²) >= 11 is 4.61. The van der Waals surface area contributed by atoms with Crippen LogP contribution < -0.4 is 10.9 Å². The topological polar surface area (TPSA) is 64.0 Å². The molecule has 0 fully saturated rings. The summed E-state index contributed by atoms with van der Waals surface area (Å²) in [5.74, 6) is 0.203. The number of hydrogen-bond acceptors (Lipinski definition) is 6. The number of fused-ring (bicyclic) bond motifs is 3. The summed E-state index contributed by atoms with van der Waals surface area (Å²) in [7, 11) is 1.75. The molecule has 0 aromatic carbocycles. The van der Waals surface area contributed by atoms with E-state index in [1.165, 1.54) is 39.1 Å². The second-order valence-corrected chi connectivity index (χ2v) is 9.77. The van der Waals surface area contributed by atoms with Crippen LogP contribution in [0, 0.1) is 6.92 Å². The largest absolute Gasteiger partial charge is 0.350 e. The van der Waals surface area contributed by atoms with E-state index in [9.17, 15) is 9.59 Å². The SMILES string of the molecule is Cc1ccsc1CNC(=O)CSc1nc2sc3c(c2c(=O)n1C)CCCC3. The Hall–Kier alpha value is -1.64. The van der Waals surface area contributed by atoms with Crippen molar-refractivity contribution in [3.63, 3.8) is 0 Å². The monoisotopic (exact) mass is 419 g/mol. The highest BCUT2D eigenvalue weighted by Crippen LogP contribution is 2.34. The minimum Gasteiger partial charge on any atom is -0.350 e. The third-order valence-corrected chi connectivity index (χ3v) is 8.14. The molecule has 0 atom stereocenters. The molecule has 8 heteroatoms. The number of thiophene rings is 2. The van der Waals surface area contributed by atoms with Crippen molar-refractivity contribution in [2.75, 3.05) is 5.75 Å². The van der Waals surface area contributed by atoms with Crippen molar-refractivity contribution >= 4 is 50.6 Å². The molecule has 0 spiro atoms. The third kappa shape index (κ3) is 3.70. The summed E-state index contributed by atoms with van der Waals surface area (Å²) < 4.78 is 1.59. The average molecular weight is 420 g/mol. The van der Waals surface area contributed by atoms with Gasteiger partial charge >= 0.3 is 0 Å². The molecule has 0 aliphatic heterocycles. The maximum Gasteiger partial charge on any atom is 0.262 e. The number of thioether (sulfide) groups is 1. The van der Waals surface area contributed by atoms with Crippen LogP contribution in [0.2, 0.25) is 0 Å². The molecule has 5 nitrogen and oxygen atoms in total. The Morgan fingerprint density at radius 3 is 2.96 bits per heavy atom. The summed E-state index contributed by atoms with van der Waals surface area (Å²) in [5, 5.41) is 6.37. The maximum absolute atomic E-state index is 12.9. The average Bonchev–Trinajstić information content (AvgIpc) is 3.24. The lowest BCUT2D eigenvalue weighted by atomic mass is 9.97. The van der Waals surface area contributed by atoms with Gasteiger partial charge in [-0.05, 0) is 55.2 Å². The zero-order chi connectivity index (χ0) is 19.0. The lowest BCUT2D eigenvalue weighted by Gasteiger charge is -2.11. The minimum absolute atomic E-state index is 0.0107. The molecule has 1 amide bonds. The first-order chi connectivity index (χ1) is 13.0. The lowest BCUT2D eigenvalue weighted by Crippen LogP contribution is -2.25. The maximum atomic E-state index is 12.9. The molecule has 0 saturated heterocycles. The van der Waals surface area contributed by atoms with E-state index in [0.29, 0.717) is 11.7 Å². The standard InChI is InChI=1S/C19H21N3O2S3/c1-11-7-8-25-14(11)9-20-15(23)10-26-19-21-17-16(18(24)22(19)2)12-5-3-4-6-13(12)27-17/h7-8H,3-6,9-10H2,1-2H3,(H,20,23). The van der Waals surface area contributed by atoms with Crippen molar-refractivity contribution in [2.24, 2.45) is 7.05 Å². The fraction of sp³-hybridized carbons (Fsp3) is 0.421. The summed E-state index contributed by atoms with van der Waals surface area (Å²) in [6.45, 7) is 2.59. The summed E-state index contributed by atoms with van der Waals surface area (Å²) in [6.07, 6.45) is 4.35. The molecular formula is C19H21N3O2S3. The van der Waals surface area contributed by atoms with Crippen LogP contribution in [0.4, 0.5) is 0 Å². The van der Waals surface area contributed by atoms with Gasteiger partial charge in [-0.3, -0.25) is 14.2 Å². The van der Waals surface area contributed by atoms with Crippen LogP contribution in [0.1, 0.15) is 33.7 Å². The predicted molar refractivity (Wildman–Crippen MR) is 113 cm³/mol. The molecule has 142 valence electrons. The van der Waals surface area contributed by atoms with Crippen LogP contribution in [0.3, 0.4) is 0 Å². The number of aryl methyl sites for hydroxylation is 3. The quantitative estimate of drug-likeness (QED) is 0.506. The zero-order valence-electron chi connectivity index (χ0n) is 15.3. The summed E-state index contributed by atoms with van der Waals surface area (Å²) in [5.41, 5.74) is 2.41. The van der Waals surface area contributed by atoms with Crippen LogP contribution in [0.5, 0.6) is 0 Å². The first kappa shape index (κ1) is 18.7. The zero-order valence-corrected chi connectivity index (χ0v) is 17.8. The lowest BCUT2D eigenvalue weighted by molar-refractivity contribution is -0.118. The fourth-order valence-electron chi connectivity index (χ4n) is 3.34. The molecule has 0 radical (unpaired) electrons. The second-order valence-electron chi connectivity index (χ2n) is 6.74. The van der Waals surface area contributed by atoms with Crippen LogP contribution in [-0.4, -0.2) is 21.2 Å². The Balaban J connectivity index is 1.49. The predicted octanol–water partition coefficient (Wildman–Crippen LogP) is 3.65. The van der Waals surface area contributed by atoms with Crippen molar-refractivity contribution in [3.05, 3.63) is 42.7 Å². The molecule has 1 aliphatic rings. The molecule has 3 aromatic heterocycles. The van der Waals surface area contributed by atoms with Gasteiger partial charge in [0.25, 0.3) is 5.56 Å². The molecule has 0 unspecified atom stereocenters. The van der Waals surface area contributed by atoms with Gasteiger partial charge in [-0.15, -0.1) is 22.7 Å². The van der Waals surface area contributed by atoms with Crippen molar-refractivity contribution in [1.82, 2.24) is 14.9 Å². The van der Waals surface area contributed by atoms with Gasteiger partial charge < -0.3 is 5.32 Å². The van der Waals surface area contributed by atoms with Crippen molar-refractivity contribution in [3.8, 4) is 0 Å². The van der Waals surface area contributed by atoms with E-state index in [1.807, 2.05) is 12.3 Å². The van der Waals surface area contributed by atoms with E-state index in [-0.39, 0.29) is 17.2 Å². The van der Waals surface area contributed by atoms with Gasteiger partial charge in [0.15, 0.2) is 5.16 Å². The molecule has 0 saturated carbocycles. The highest BCUT2D eigenvalue weighted by molar-refractivity contribution is 7.99. The van der Waals surface area contributed by atoms with E-state index < -0.39 is 0 Å². The van der Waals surface area contributed by atoms with Crippen molar-refractivity contribution in [2.45, 2.75) is 44.3 Å². The van der Waals surface area contributed by atoms with E-state index in [4.69, 9.17) is 4.98 Å². The molecule has 1 aliphatic carbocycles. The van der Waals surface area contributed by atoms with Gasteiger partial charge in [0, 0.05) is 16.8 Å². The number of carbonyl (C=O) groups is 1. The van der Waals surface area contributed by atoms with Crippen molar-refractivity contribution in [1.29, 1.82) is 0 Å². The number of nitrogens with zero attached hydrogens (tertiary/aromatic N) is 2. The molecule has 3 aromatic rings. The van der Waals surface area contributed by atoms with Gasteiger partial charge in [0.05, 0.1) is 17.7 Å². The van der Waals surface area contributed by atoms with Crippen LogP contribution >= 0.6 is 34.4 Å². The van der Waals surface area contributed by atoms with E-state index in [1.54, 1.807) is 34.3 Å². The minimum atomic E-state index is -0.0485. The number of carbonyl (C=O) groups excluding carboxylic acids is 1. The van der Waals surface area contributed by atoms with Crippen LogP contribution in [0.25, 0.3) is 10.2 Å². The van der Waals surface area contributed by atoms with Crippen LogP contribution in [-0.2, 0) is 31.2 Å². The van der Waals surface area contributed by atoms with Gasteiger partial charge in [0.2, 0.25) is 5.91 Å². The first-order valence-corrected chi connectivity index (χ1v) is 11.7. The van der Waals surface area contributed by atoms with Crippen LogP contribution in [0.15, 0.2) is 21.4 Å². The van der Waals surface area contributed by atoms with E-state index in [2.05, 4.69) is 11.4 Å². The van der Waals surface area contributed by atoms with Gasteiger partial charge in [-0.1, -0.05) is 11.8 Å². The normalized spacial score (nSPS) is 13.7. The smallest absolute Gasteiger partial charge is 0.262 e. The number of amides is 1. The highest BCUT2D eigenvalue weighted by Gasteiger charge is 2.21. The Morgan fingerprint density at radius 2 is 2.19 bits per heavy atom. The van der Waals surface area contributed by atoms with Crippen molar-refractivity contribution < 1.29 is 4.79 Å². The molecule has 27 heavy (non-hydrogen) atoms. The van der Waals surface area contributed by atoms with Gasteiger partial charge in [-0.2, -0.15) is 0 Å². The molecule has 3 heterocycles. The van der Waals surface area contributed by atoms with Gasteiger partial charge in [0.1, 0.15) is 4.83 Å². The van der Waals surface area contributed by atoms with E-state index >= 15 is 0 Å². The summed E-state index contributed by atoms with van der Waals surface area (Å²) in [6, 6.07) is 2.05. The number of nitrogens with one attached hydrogen (secondary N) is 1. The highest BCUT2D eigenvalue weighted by atomic mass is 32.2. The molecule has 0 bridgehead atoms. The number of rotatable bonds is 5. The third-order valence-electron chi connectivity index (χ3n) is 4.90. The Kier molecular flexibility index (Phi) is 5.39. The fourth-order valence-corrected chi connectivity index (χ4v) is 6.29. The Morgan fingerprint density at radius 1 is 1.37 bits per heavy atom. The molecular weight excluding hydrogens is 398 g/mol. The van der Waals surface area contributed by atoms with E-state index in [0.717, 1.165) is 29.5 Å². The second kappa shape index (κ2) is 7.77. The Bertz CT molecular complexity index is 1060. The Labute approximate surface area is 169 Å². The first-order valence-electron chi connectivity index (χ1n) is 8.98. The number of hydrogen-bond donors (Lipinski definition) is 1. The van der Waals surface area contributed by atoms with Gasteiger partial charge in [-0.25, -0.2) is 4.98 Å². The molecule has 1 N–H and O–H groups in total. The summed E-state index contributed by atoms with van der Waals surface area (Å²) in [4.78, 5) is 33.1.